The Morgan fingerprint density at radius 1 is 1.69 bits per heavy atom. The van der Waals surface area contributed by atoms with E-state index in [1.54, 1.807) is 6.20 Å². The average molecular weight is 180 g/mol. The van der Waals surface area contributed by atoms with Crippen LogP contribution in [0.3, 0.4) is 0 Å². The fourth-order valence-electron chi connectivity index (χ4n) is 0.993. The predicted octanol–water partition coefficient (Wildman–Crippen LogP) is 0.251. The first kappa shape index (κ1) is 9.67. The normalized spacial score (nSPS) is 12.2. The van der Waals surface area contributed by atoms with E-state index in [1.807, 2.05) is 25.1 Å². The summed E-state index contributed by atoms with van der Waals surface area (Å²) in [5, 5.41) is 11.1. The summed E-state index contributed by atoms with van der Waals surface area (Å²) in [4.78, 5) is 14.9. The van der Waals surface area contributed by atoms with E-state index < -0.39 is 12.5 Å². The number of nitrogens with one attached hydrogen (secondary N) is 1. The maximum atomic E-state index is 10.8. The highest BCUT2D eigenvalue weighted by Gasteiger charge is 2.08. The van der Waals surface area contributed by atoms with Crippen molar-refractivity contribution in [3.8, 4) is 0 Å². The molecule has 1 aromatic heterocycles. The van der Waals surface area contributed by atoms with Gasteiger partial charge in [-0.05, 0) is 19.1 Å². The molecule has 4 heteroatoms. The highest BCUT2D eigenvalue weighted by Crippen LogP contribution is 2.06. The second-order valence-corrected chi connectivity index (χ2v) is 2.70. The van der Waals surface area contributed by atoms with Crippen LogP contribution in [-0.2, 0) is 4.79 Å². The Morgan fingerprint density at radius 2 is 2.46 bits per heavy atom. The molecule has 0 aliphatic carbocycles. The third kappa shape index (κ3) is 2.83. The summed E-state index contributed by atoms with van der Waals surface area (Å²) in [6, 6.07) is 5.32. The van der Waals surface area contributed by atoms with Gasteiger partial charge in [-0.15, -0.1) is 0 Å². The lowest BCUT2D eigenvalue weighted by atomic mass is 10.2. The van der Waals surface area contributed by atoms with E-state index in [9.17, 15) is 4.79 Å². The molecule has 0 aliphatic heterocycles. The minimum atomic E-state index is -0.489. The molecule has 1 heterocycles. The van der Waals surface area contributed by atoms with Crippen molar-refractivity contribution in [2.45, 2.75) is 13.0 Å². The Balaban J connectivity index is 2.59. The lowest BCUT2D eigenvalue weighted by molar-refractivity contribution is -0.124. The molecule has 70 valence electrons. The number of amides is 1. The van der Waals surface area contributed by atoms with E-state index in [0.29, 0.717) is 0 Å². The smallest absolute Gasteiger partial charge is 0.246 e. The number of aromatic nitrogens is 1. The number of aliphatic hydroxyl groups excluding tert-OH is 1. The van der Waals surface area contributed by atoms with Crippen molar-refractivity contribution >= 4 is 5.91 Å². The molecular formula is C9H12N2O2. The van der Waals surface area contributed by atoms with Crippen molar-refractivity contribution in [1.29, 1.82) is 0 Å². The molecular weight excluding hydrogens is 168 g/mol. The van der Waals surface area contributed by atoms with Crippen LogP contribution in [0.25, 0.3) is 0 Å². The van der Waals surface area contributed by atoms with Crippen LogP contribution >= 0.6 is 0 Å². The van der Waals surface area contributed by atoms with Crippen LogP contribution in [0.5, 0.6) is 0 Å². The van der Waals surface area contributed by atoms with E-state index in [0.717, 1.165) is 5.69 Å². The quantitative estimate of drug-likeness (QED) is 0.701. The van der Waals surface area contributed by atoms with E-state index in [1.165, 1.54) is 0 Å². The predicted molar refractivity (Wildman–Crippen MR) is 47.9 cm³/mol. The first-order chi connectivity index (χ1) is 6.24. The van der Waals surface area contributed by atoms with Crippen LogP contribution in [0.2, 0.25) is 0 Å². The molecule has 0 radical (unpaired) electrons. The lowest BCUT2D eigenvalue weighted by Gasteiger charge is -2.11. The molecule has 0 spiro atoms. The third-order valence-electron chi connectivity index (χ3n) is 1.65. The zero-order chi connectivity index (χ0) is 9.68. The summed E-state index contributed by atoms with van der Waals surface area (Å²) < 4.78 is 0. The van der Waals surface area contributed by atoms with Crippen LogP contribution < -0.4 is 5.32 Å². The maximum Gasteiger partial charge on any atom is 0.246 e. The molecule has 1 amide bonds. The Bertz CT molecular complexity index is 274. The molecule has 0 bridgehead atoms. The summed E-state index contributed by atoms with van der Waals surface area (Å²) in [5.74, 6) is -0.391. The SMILES string of the molecule is CC(NC(=O)CO)c1ccccn1. The van der Waals surface area contributed by atoms with E-state index in [4.69, 9.17) is 5.11 Å². The zero-order valence-electron chi connectivity index (χ0n) is 7.40. The van der Waals surface area contributed by atoms with Gasteiger partial charge in [-0.3, -0.25) is 9.78 Å². The van der Waals surface area contributed by atoms with Crippen molar-refractivity contribution in [3.63, 3.8) is 0 Å². The number of aliphatic hydroxyl groups is 1. The Labute approximate surface area is 76.6 Å². The molecule has 2 N–H and O–H groups in total. The summed E-state index contributed by atoms with van der Waals surface area (Å²) in [7, 11) is 0. The van der Waals surface area contributed by atoms with Crippen LogP contribution in [-0.4, -0.2) is 22.6 Å². The largest absolute Gasteiger partial charge is 0.387 e. The van der Waals surface area contributed by atoms with Gasteiger partial charge in [0.25, 0.3) is 0 Å². The van der Waals surface area contributed by atoms with E-state index in [2.05, 4.69) is 10.3 Å². The second-order valence-electron chi connectivity index (χ2n) is 2.70. The number of carbonyl (C=O) groups is 1. The number of nitrogens with zero attached hydrogens (tertiary/aromatic N) is 1. The Hall–Kier alpha value is -1.42. The number of carbonyl (C=O) groups excluding carboxylic acids is 1. The first-order valence-corrected chi connectivity index (χ1v) is 4.05. The van der Waals surface area contributed by atoms with Crippen molar-refractivity contribution < 1.29 is 9.90 Å². The zero-order valence-corrected chi connectivity index (χ0v) is 7.40. The fourth-order valence-corrected chi connectivity index (χ4v) is 0.993. The summed E-state index contributed by atoms with van der Waals surface area (Å²) in [5.41, 5.74) is 0.782. The van der Waals surface area contributed by atoms with Gasteiger partial charge >= 0.3 is 0 Å². The molecule has 13 heavy (non-hydrogen) atoms. The molecule has 0 saturated carbocycles. The molecule has 0 aromatic carbocycles. The first-order valence-electron chi connectivity index (χ1n) is 4.05. The third-order valence-corrected chi connectivity index (χ3v) is 1.65. The maximum absolute atomic E-state index is 10.8. The number of hydrogen-bond acceptors (Lipinski definition) is 3. The molecule has 0 aliphatic rings. The summed E-state index contributed by atoms with van der Waals surface area (Å²) >= 11 is 0. The molecule has 1 unspecified atom stereocenters. The van der Waals surface area contributed by atoms with E-state index >= 15 is 0 Å². The van der Waals surface area contributed by atoms with Crippen molar-refractivity contribution in [2.24, 2.45) is 0 Å². The minimum Gasteiger partial charge on any atom is -0.387 e. The van der Waals surface area contributed by atoms with Gasteiger partial charge in [0.05, 0.1) is 11.7 Å². The van der Waals surface area contributed by atoms with Gasteiger partial charge in [-0.2, -0.15) is 0 Å². The van der Waals surface area contributed by atoms with Crippen LogP contribution in [0, 0.1) is 0 Å². The van der Waals surface area contributed by atoms with Gasteiger partial charge in [-0.25, -0.2) is 0 Å². The summed E-state index contributed by atoms with van der Waals surface area (Å²) in [6.45, 7) is 1.33. The van der Waals surface area contributed by atoms with Gasteiger partial charge < -0.3 is 10.4 Å². The molecule has 1 atom stereocenters. The monoisotopic (exact) mass is 180 g/mol. The van der Waals surface area contributed by atoms with Crippen LogP contribution in [0.4, 0.5) is 0 Å². The van der Waals surface area contributed by atoms with Gasteiger partial charge in [0.2, 0.25) is 5.91 Å². The Kier molecular flexibility index (Phi) is 3.40. The van der Waals surface area contributed by atoms with Gasteiger partial charge in [-0.1, -0.05) is 6.07 Å². The lowest BCUT2D eigenvalue weighted by Crippen LogP contribution is -2.29. The minimum absolute atomic E-state index is 0.166. The van der Waals surface area contributed by atoms with Crippen molar-refractivity contribution in [1.82, 2.24) is 10.3 Å². The van der Waals surface area contributed by atoms with Crippen LogP contribution in [0.1, 0.15) is 18.7 Å². The number of hydrogen-bond donors (Lipinski definition) is 2. The van der Waals surface area contributed by atoms with Gasteiger partial charge in [0.15, 0.2) is 0 Å². The highest BCUT2D eigenvalue weighted by atomic mass is 16.3. The Morgan fingerprint density at radius 3 is 3.00 bits per heavy atom. The average Bonchev–Trinajstić information content (AvgIpc) is 2.19. The molecule has 1 rings (SSSR count). The molecule has 0 fully saturated rings. The molecule has 0 saturated heterocycles. The highest BCUT2D eigenvalue weighted by molar-refractivity contribution is 5.77. The molecule has 1 aromatic rings. The van der Waals surface area contributed by atoms with Gasteiger partial charge in [0.1, 0.15) is 6.61 Å². The fraction of sp³-hybridized carbons (Fsp3) is 0.333. The van der Waals surface area contributed by atoms with E-state index in [-0.39, 0.29) is 6.04 Å². The number of rotatable bonds is 3. The standard InChI is InChI=1S/C9H12N2O2/c1-7(11-9(13)6-12)8-4-2-3-5-10-8/h2-5,7,12H,6H2,1H3,(H,11,13). The summed E-state index contributed by atoms with van der Waals surface area (Å²) in [6.07, 6.45) is 1.66. The number of pyridine rings is 1. The van der Waals surface area contributed by atoms with Crippen molar-refractivity contribution in [3.05, 3.63) is 30.1 Å². The van der Waals surface area contributed by atoms with Crippen molar-refractivity contribution in [2.75, 3.05) is 6.61 Å². The topological polar surface area (TPSA) is 62.2 Å². The second kappa shape index (κ2) is 4.57. The van der Waals surface area contributed by atoms with Crippen LogP contribution in [0.15, 0.2) is 24.4 Å². The van der Waals surface area contributed by atoms with Gasteiger partial charge in [0, 0.05) is 6.20 Å². The molecule has 4 nitrogen and oxygen atoms in total.